The van der Waals surface area contributed by atoms with Gasteiger partial charge in [-0.15, -0.1) is 0 Å². The zero-order valence-corrected chi connectivity index (χ0v) is 14.4. The first kappa shape index (κ1) is 19.0. The van der Waals surface area contributed by atoms with Crippen molar-refractivity contribution in [1.29, 1.82) is 0 Å². The SMILES string of the molecule is CC1CN(C(C)C(=O)Nc2ccc(Cl)c(C(F)(F)F)c2)CC(C)O1. The molecule has 8 heteroatoms. The molecular weight excluding hydrogens is 345 g/mol. The van der Waals surface area contributed by atoms with E-state index in [1.165, 1.54) is 6.07 Å². The van der Waals surface area contributed by atoms with Crippen molar-refractivity contribution < 1.29 is 22.7 Å². The number of benzene rings is 1. The molecule has 0 spiro atoms. The Balaban J connectivity index is 2.09. The lowest BCUT2D eigenvalue weighted by Gasteiger charge is -2.38. The van der Waals surface area contributed by atoms with Gasteiger partial charge in [0.15, 0.2) is 0 Å². The van der Waals surface area contributed by atoms with Crippen molar-refractivity contribution in [3.8, 4) is 0 Å². The third-order valence-corrected chi connectivity index (χ3v) is 4.24. The van der Waals surface area contributed by atoms with Crippen LogP contribution in [-0.2, 0) is 15.7 Å². The summed E-state index contributed by atoms with van der Waals surface area (Å²) in [6.07, 6.45) is -4.58. The second-order valence-corrected chi connectivity index (χ2v) is 6.48. The van der Waals surface area contributed by atoms with Crippen molar-refractivity contribution in [3.05, 3.63) is 28.8 Å². The van der Waals surface area contributed by atoms with Crippen LogP contribution in [0.3, 0.4) is 0 Å². The van der Waals surface area contributed by atoms with E-state index in [2.05, 4.69) is 5.32 Å². The van der Waals surface area contributed by atoms with Gasteiger partial charge in [-0.3, -0.25) is 9.69 Å². The number of halogens is 4. The highest BCUT2D eigenvalue weighted by molar-refractivity contribution is 6.31. The molecule has 3 atom stereocenters. The maximum Gasteiger partial charge on any atom is 0.417 e. The molecule has 4 nitrogen and oxygen atoms in total. The molecule has 1 saturated heterocycles. The number of amides is 1. The van der Waals surface area contributed by atoms with Crippen LogP contribution in [0.5, 0.6) is 0 Å². The lowest BCUT2D eigenvalue weighted by Crippen LogP contribution is -2.52. The number of anilines is 1. The van der Waals surface area contributed by atoms with Crippen LogP contribution in [0.1, 0.15) is 26.3 Å². The molecule has 1 aliphatic rings. The zero-order valence-electron chi connectivity index (χ0n) is 13.7. The molecule has 1 aromatic rings. The summed E-state index contributed by atoms with van der Waals surface area (Å²) in [5.41, 5.74) is -0.902. The molecule has 0 aliphatic carbocycles. The molecule has 1 fully saturated rings. The Morgan fingerprint density at radius 2 is 1.92 bits per heavy atom. The molecule has 3 unspecified atom stereocenters. The minimum Gasteiger partial charge on any atom is -0.373 e. The smallest absolute Gasteiger partial charge is 0.373 e. The van der Waals surface area contributed by atoms with E-state index in [0.29, 0.717) is 13.1 Å². The summed E-state index contributed by atoms with van der Waals surface area (Å²) in [5.74, 6) is -0.369. The lowest BCUT2D eigenvalue weighted by molar-refractivity contribution is -0.137. The van der Waals surface area contributed by atoms with Crippen LogP contribution < -0.4 is 5.32 Å². The topological polar surface area (TPSA) is 41.6 Å². The van der Waals surface area contributed by atoms with Crippen LogP contribution in [0.2, 0.25) is 5.02 Å². The molecule has 2 rings (SSSR count). The summed E-state index contributed by atoms with van der Waals surface area (Å²) >= 11 is 5.58. The lowest BCUT2D eigenvalue weighted by atomic mass is 10.1. The van der Waals surface area contributed by atoms with Crippen molar-refractivity contribution in [2.75, 3.05) is 18.4 Å². The number of nitrogens with zero attached hydrogens (tertiary/aromatic N) is 1. The molecule has 24 heavy (non-hydrogen) atoms. The van der Waals surface area contributed by atoms with Crippen molar-refractivity contribution >= 4 is 23.2 Å². The first-order valence-electron chi connectivity index (χ1n) is 7.65. The first-order valence-corrected chi connectivity index (χ1v) is 8.03. The fourth-order valence-electron chi connectivity index (χ4n) is 2.77. The van der Waals surface area contributed by atoms with E-state index in [4.69, 9.17) is 16.3 Å². The van der Waals surface area contributed by atoms with Gasteiger partial charge >= 0.3 is 6.18 Å². The van der Waals surface area contributed by atoms with E-state index in [9.17, 15) is 18.0 Å². The zero-order chi connectivity index (χ0) is 18.1. The molecular formula is C16H20ClF3N2O2. The molecule has 1 aromatic carbocycles. The predicted octanol–water partition coefficient (Wildman–Crippen LogP) is 3.80. The number of nitrogens with one attached hydrogen (secondary N) is 1. The normalized spacial score (nSPS) is 23.8. The number of rotatable bonds is 3. The van der Waals surface area contributed by atoms with Gasteiger partial charge in [-0.25, -0.2) is 0 Å². The van der Waals surface area contributed by atoms with Crippen LogP contribution in [0.4, 0.5) is 18.9 Å². The van der Waals surface area contributed by atoms with Gasteiger partial charge in [-0.2, -0.15) is 13.2 Å². The van der Waals surface area contributed by atoms with Gasteiger partial charge in [0.2, 0.25) is 5.91 Å². The van der Waals surface area contributed by atoms with Crippen LogP contribution in [0.15, 0.2) is 18.2 Å². The standard InChI is InChI=1S/C16H20ClF3N2O2/c1-9-7-22(8-10(2)24-9)11(3)15(23)21-12-4-5-14(17)13(6-12)16(18,19)20/h4-6,9-11H,7-8H2,1-3H3,(H,21,23). The quantitative estimate of drug-likeness (QED) is 0.887. The second-order valence-electron chi connectivity index (χ2n) is 6.07. The number of carbonyl (C=O) groups excluding carboxylic acids is 1. The highest BCUT2D eigenvalue weighted by Crippen LogP contribution is 2.36. The van der Waals surface area contributed by atoms with Gasteiger partial charge in [0.25, 0.3) is 0 Å². The monoisotopic (exact) mass is 364 g/mol. The average Bonchev–Trinajstić information content (AvgIpc) is 2.46. The largest absolute Gasteiger partial charge is 0.417 e. The Morgan fingerprint density at radius 3 is 2.46 bits per heavy atom. The predicted molar refractivity (Wildman–Crippen MR) is 86.1 cm³/mol. The number of hydrogen-bond donors (Lipinski definition) is 1. The van der Waals surface area contributed by atoms with E-state index in [1.807, 2.05) is 18.7 Å². The van der Waals surface area contributed by atoms with Gasteiger partial charge in [0.1, 0.15) is 0 Å². The van der Waals surface area contributed by atoms with E-state index < -0.39 is 22.8 Å². The van der Waals surface area contributed by atoms with Crippen molar-refractivity contribution in [1.82, 2.24) is 4.90 Å². The van der Waals surface area contributed by atoms with Crippen LogP contribution in [-0.4, -0.2) is 42.1 Å². The van der Waals surface area contributed by atoms with Crippen molar-refractivity contribution in [2.24, 2.45) is 0 Å². The average molecular weight is 365 g/mol. The van der Waals surface area contributed by atoms with E-state index in [-0.39, 0.29) is 23.8 Å². The number of ether oxygens (including phenoxy) is 1. The summed E-state index contributed by atoms with van der Waals surface area (Å²) in [6.45, 7) is 6.74. The first-order chi connectivity index (χ1) is 11.1. The third kappa shape index (κ3) is 4.62. The summed E-state index contributed by atoms with van der Waals surface area (Å²) < 4.78 is 44.3. The second kappa shape index (κ2) is 7.29. The minimum absolute atomic E-state index is 0.00337. The molecule has 1 aliphatic heterocycles. The fraction of sp³-hybridized carbons (Fsp3) is 0.562. The Kier molecular flexibility index (Phi) is 5.78. The molecule has 1 heterocycles. The van der Waals surface area contributed by atoms with Gasteiger partial charge in [-0.05, 0) is 39.0 Å². The van der Waals surface area contributed by atoms with Crippen LogP contribution >= 0.6 is 11.6 Å². The summed E-state index contributed by atoms with van der Waals surface area (Å²) in [4.78, 5) is 14.3. The van der Waals surface area contributed by atoms with E-state index in [1.54, 1.807) is 6.92 Å². The molecule has 0 bridgehead atoms. The number of hydrogen-bond acceptors (Lipinski definition) is 3. The van der Waals surface area contributed by atoms with Gasteiger partial charge in [-0.1, -0.05) is 11.6 Å². The number of alkyl halides is 3. The van der Waals surface area contributed by atoms with Gasteiger partial charge < -0.3 is 10.1 Å². The molecule has 1 N–H and O–H groups in total. The molecule has 1 amide bonds. The highest BCUT2D eigenvalue weighted by Gasteiger charge is 2.34. The van der Waals surface area contributed by atoms with E-state index in [0.717, 1.165) is 12.1 Å². The summed E-state index contributed by atoms with van der Waals surface area (Å²) in [7, 11) is 0. The van der Waals surface area contributed by atoms with Gasteiger partial charge in [0, 0.05) is 18.8 Å². The summed E-state index contributed by atoms with van der Waals surface area (Å²) in [6, 6.07) is 2.84. The highest BCUT2D eigenvalue weighted by atomic mass is 35.5. The van der Waals surface area contributed by atoms with Crippen molar-refractivity contribution in [3.63, 3.8) is 0 Å². The van der Waals surface area contributed by atoms with Gasteiger partial charge in [0.05, 0.1) is 28.8 Å². The van der Waals surface area contributed by atoms with Crippen molar-refractivity contribution in [2.45, 2.75) is 45.2 Å². The third-order valence-electron chi connectivity index (χ3n) is 3.91. The minimum atomic E-state index is -4.57. The van der Waals surface area contributed by atoms with Crippen LogP contribution in [0, 0.1) is 0 Å². The maximum atomic E-state index is 12.9. The maximum absolute atomic E-state index is 12.9. The molecule has 0 aromatic heterocycles. The Hall–Kier alpha value is -1.31. The van der Waals surface area contributed by atoms with E-state index >= 15 is 0 Å². The Labute approximate surface area is 143 Å². The molecule has 0 radical (unpaired) electrons. The fourth-order valence-corrected chi connectivity index (χ4v) is 2.99. The molecule has 134 valence electrons. The summed E-state index contributed by atoms with van der Waals surface area (Å²) in [5, 5.41) is 2.13. The number of morpholine rings is 1. The molecule has 0 saturated carbocycles. The Bertz CT molecular complexity index is 599. The number of carbonyl (C=O) groups is 1. The Morgan fingerprint density at radius 1 is 1.33 bits per heavy atom. The van der Waals surface area contributed by atoms with Crippen LogP contribution in [0.25, 0.3) is 0 Å².